The topological polar surface area (TPSA) is 22.1 Å². The van der Waals surface area contributed by atoms with Crippen LogP contribution < -0.4 is 4.74 Å². The van der Waals surface area contributed by atoms with E-state index in [1.807, 2.05) is 0 Å². The largest absolute Gasteiger partial charge is 0.494 e. The highest BCUT2D eigenvalue weighted by molar-refractivity contribution is 9.10. The number of hydrogen-bond donors (Lipinski definition) is 0. The van der Waals surface area contributed by atoms with E-state index in [1.54, 1.807) is 19.4 Å². The number of halogens is 2. The zero-order chi connectivity index (χ0) is 7.56. The molecule has 0 aliphatic heterocycles. The third kappa shape index (κ3) is 1.61. The minimum Gasteiger partial charge on any atom is -0.494 e. The molecule has 1 aromatic heterocycles. The van der Waals surface area contributed by atoms with Crippen molar-refractivity contribution >= 4 is 27.5 Å². The summed E-state index contributed by atoms with van der Waals surface area (Å²) in [7, 11) is 1.57. The van der Waals surface area contributed by atoms with Gasteiger partial charge in [0.25, 0.3) is 0 Å². The Labute approximate surface area is 72.3 Å². The quantitative estimate of drug-likeness (QED) is 0.681. The van der Waals surface area contributed by atoms with Crippen molar-refractivity contribution in [2.45, 2.75) is 0 Å². The van der Waals surface area contributed by atoms with E-state index in [0.717, 1.165) is 0 Å². The Morgan fingerprint density at radius 3 is 2.90 bits per heavy atom. The van der Waals surface area contributed by atoms with Gasteiger partial charge in [-0.1, -0.05) is 11.6 Å². The summed E-state index contributed by atoms with van der Waals surface area (Å²) in [6, 6.07) is 1.69. The van der Waals surface area contributed by atoms with Gasteiger partial charge in [0.1, 0.15) is 4.60 Å². The number of methoxy groups -OCH3 is 1. The molecular weight excluding hydrogens is 217 g/mol. The number of nitrogens with zero attached hydrogens (tertiary/aromatic N) is 1. The van der Waals surface area contributed by atoms with Crippen molar-refractivity contribution < 1.29 is 4.74 Å². The molecule has 1 heterocycles. The lowest BCUT2D eigenvalue weighted by Gasteiger charge is -2.00. The van der Waals surface area contributed by atoms with Gasteiger partial charge in [-0.05, 0) is 15.9 Å². The maximum absolute atomic E-state index is 5.63. The standard InChI is InChI=1S/C6H5BrClNO/c1-10-5-2-4(8)3-9-6(5)7/h2-3H,1H3. The van der Waals surface area contributed by atoms with Gasteiger partial charge in [0, 0.05) is 12.3 Å². The first kappa shape index (κ1) is 7.82. The minimum absolute atomic E-state index is 0.569. The van der Waals surface area contributed by atoms with Gasteiger partial charge in [-0.2, -0.15) is 0 Å². The van der Waals surface area contributed by atoms with Crippen molar-refractivity contribution in [1.82, 2.24) is 4.98 Å². The van der Waals surface area contributed by atoms with Gasteiger partial charge < -0.3 is 4.74 Å². The lowest BCUT2D eigenvalue weighted by atomic mass is 10.5. The molecule has 0 aromatic carbocycles. The lowest BCUT2D eigenvalue weighted by molar-refractivity contribution is 0.410. The van der Waals surface area contributed by atoms with Gasteiger partial charge in [0.15, 0.2) is 5.75 Å². The van der Waals surface area contributed by atoms with Crippen LogP contribution in [0.4, 0.5) is 0 Å². The lowest BCUT2D eigenvalue weighted by Crippen LogP contribution is -1.85. The molecule has 0 unspecified atom stereocenters. The Balaban J connectivity index is 3.09. The molecule has 0 aliphatic rings. The van der Waals surface area contributed by atoms with Gasteiger partial charge in [-0.25, -0.2) is 4.98 Å². The average Bonchev–Trinajstić information content (AvgIpc) is 1.94. The monoisotopic (exact) mass is 221 g/mol. The van der Waals surface area contributed by atoms with E-state index < -0.39 is 0 Å². The van der Waals surface area contributed by atoms with Crippen LogP contribution in [0.5, 0.6) is 5.75 Å². The van der Waals surface area contributed by atoms with Crippen LogP contribution in [0.3, 0.4) is 0 Å². The van der Waals surface area contributed by atoms with Crippen LogP contribution >= 0.6 is 27.5 Å². The molecule has 4 heteroatoms. The van der Waals surface area contributed by atoms with Crippen LogP contribution in [0.2, 0.25) is 5.02 Å². The number of hydrogen-bond acceptors (Lipinski definition) is 2. The fourth-order valence-electron chi connectivity index (χ4n) is 0.547. The molecule has 54 valence electrons. The zero-order valence-electron chi connectivity index (χ0n) is 5.27. The first-order chi connectivity index (χ1) is 4.74. The Hall–Kier alpha value is -0.280. The fraction of sp³-hybridized carbons (Fsp3) is 0.167. The average molecular weight is 222 g/mol. The van der Waals surface area contributed by atoms with E-state index in [0.29, 0.717) is 15.4 Å². The minimum atomic E-state index is 0.569. The maximum Gasteiger partial charge on any atom is 0.153 e. The normalized spacial score (nSPS) is 9.50. The second kappa shape index (κ2) is 3.21. The third-order valence-electron chi connectivity index (χ3n) is 0.993. The molecule has 2 nitrogen and oxygen atoms in total. The molecule has 0 atom stereocenters. The van der Waals surface area contributed by atoms with Crippen molar-refractivity contribution in [1.29, 1.82) is 0 Å². The van der Waals surface area contributed by atoms with Gasteiger partial charge >= 0.3 is 0 Å². The maximum atomic E-state index is 5.63. The second-order valence-corrected chi connectivity index (χ2v) is 2.83. The molecule has 0 N–H and O–H groups in total. The Morgan fingerprint density at radius 1 is 1.70 bits per heavy atom. The highest BCUT2D eigenvalue weighted by Crippen LogP contribution is 2.24. The molecular formula is C6H5BrClNO. The summed E-state index contributed by atoms with van der Waals surface area (Å²) in [5.41, 5.74) is 0. The summed E-state index contributed by atoms with van der Waals surface area (Å²) in [6.45, 7) is 0. The third-order valence-corrected chi connectivity index (χ3v) is 1.80. The van der Waals surface area contributed by atoms with E-state index in [9.17, 15) is 0 Å². The molecule has 0 saturated heterocycles. The van der Waals surface area contributed by atoms with Crippen LogP contribution in [0, 0.1) is 0 Å². The SMILES string of the molecule is COc1cc(Cl)cnc1Br. The Kier molecular flexibility index (Phi) is 2.51. The Bertz CT molecular complexity index is 241. The van der Waals surface area contributed by atoms with Crippen molar-refractivity contribution in [3.8, 4) is 5.75 Å². The molecule has 1 rings (SSSR count). The van der Waals surface area contributed by atoms with Gasteiger partial charge in [-0.15, -0.1) is 0 Å². The second-order valence-electron chi connectivity index (χ2n) is 1.65. The summed E-state index contributed by atoms with van der Waals surface area (Å²) < 4.78 is 5.60. The van der Waals surface area contributed by atoms with Crippen molar-refractivity contribution in [2.75, 3.05) is 7.11 Å². The van der Waals surface area contributed by atoms with Crippen LogP contribution in [0.25, 0.3) is 0 Å². The fourth-order valence-corrected chi connectivity index (χ4v) is 1.07. The molecule has 1 aromatic rings. The molecule has 10 heavy (non-hydrogen) atoms. The molecule has 0 radical (unpaired) electrons. The number of rotatable bonds is 1. The molecule has 0 aliphatic carbocycles. The van der Waals surface area contributed by atoms with E-state index >= 15 is 0 Å². The molecule has 0 spiro atoms. The molecule has 0 fully saturated rings. The predicted molar refractivity (Wildman–Crippen MR) is 43.5 cm³/mol. The highest BCUT2D eigenvalue weighted by Gasteiger charge is 1.99. The van der Waals surface area contributed by atoms with E-state index in [-0.39, 0.29) is 0 Å². The summed E-state index contributed by atoms with van der Waals surface area (Å²) in [6.07, 6.45) is 1.55. The molecule has 0 saturated carbocycles. The number of pyridine rings is 1. The van der Waals surface area contributed by atoms with Crippen LogP contribution in [-0.2, 0) is 0 Å². The summed E-state index contributed by atoms with van der Waals surface area (Å²) in [5, 5.41) is 0.569. The van der Waals surface area contributed by atoms with Crippen molar-refractivity contribution in [3.63, 3.8) is 0 Å². The van der Waals surface area contributed by atoms with Gasteiger partial charge in [-0.3, -0.25) is 0 Å². The van der Waals surface area contributed by atoms with E-state index in [1.165, 1.54) is 0 Å². The summed E-state index contributed by atoms with van der Waals surface area (Å²) in [5.74, 6) is 0.646. The van der Waals surface area contributed by atoms with Crippen molar-refractivity contribution in [3.05, 3.63) is 21.9 Å². The molecule has 0 bridgehead atoms. The van der Waals surface area contributed by atoms with Gasteiger partial charge in [0.2, 0.25) is 0 Å². The molecule has 0 amide bonds. The van der Waals surface area contributed by atoms with E-state index in [2.05, 4.69) is 20.9 Å². The van der Waals surface area contributed by atoms with E-state index in [4.69, 9.17) is 16.3 Å². The zero-order valence-corrected chi connectivity index (χ0v) is 7.61. The van der Waals surface area contributed by atoms with Crippen LogP contribution in [0.15, 0.2) is 16.9 Å². The first-order valence-electron chi connectivity index (χ1n) is 2.59. The highest BCUT2D eigenvalue weighted by atomic mass is 79.9. The number of aromatic nitrogens is 1. The van der Waals surface area contributed by atoms with Crippen LogP contribution in [0.1, 0.15) is 0 Å². The van der Waals surface area contributed by atoms with Crippen molar-refractivity contribution in [2.24, 2.45) is 0 Å². The van der Waals surface area contributed by atoms with Crippen LogP contribution in [-0.4, -0.2) is 12.1 Å². The smallest absolute Gasteiger partial charge is 0.153 e. The number of ether oxygens (including phenoxy) is 1. The predicted octanol–water partition coefficient (Wildman–Crippen LogP) is 2.51. The summed E-state index contributed by atoms with van der Waals surface area (Å²) >= 11 is 8.83. The Morgan fingerprint density at radius 2 is 2.40 bits per heavy atom. The summed E-state index contributed by atoms with van der Waals surface area (Å²) in [4.78, 5) is 3.91. The first-order valence-corrected chi connectivity index (χ1v) is 3.76. The van der Waals surface area contributed by atoms with Gasteiger partial charge in [0.05, 0.1) is 12.1 Å².